The van der Waals surface area contributed by atoms with Gasteiger partial charge in [-0.3, -0.25) is 9.36 Å². The van der Waals surface area contributed by atoms with Crippen LogP contribution in [0.1, 0.15) is 23.8 Å². The lowest BCUT2D eigenvalue weighted by Crippen LogP contribution is -2.22. The molecule has 0 radical (unpaired) electrons. The van der Waals surface area contributed by atoms with Gasteiger partial charge in [-0.15, -0.1) is 17.9 Å². The molecular formula is C20H19ClN2OS2. The van der Waals surface area contributed by atoms with Gasteiger partial charge in [0.25, 0.3) is 5.56 Å². The van der Waals surface area contributed by atoms with Gasteiger partial charge >= 0.3 is 0 Å². The van der Waals surface area contributed by atoms with Crippen LogP contribution in [0.25, 0.3) is 15.9 Å². The van der Waals surface area contributed by atoms with Gasteiger partial charge in [0.2, 0.25) is 0 Å². The van der Waals surface area contributed by atoms with E-state index < -0.39 is 0 Å². The second-order valence-electron chi connectivity index (χ2n) is 6.64. The molecule has 0 spiro atoms. The van der Waals surface area contributed by atoms with Crippen LogP contribution in [0, 0.1) is 5.92 Å². The number of rotatable bonds is 4. The van der Waals surface area contributed by atoms with Gasteiger partial charge in [0.15, 0.2) is 5.16 Å². The number of fused-ring (bicyclic) bond motifs is 3. The van der Waals surface area contributed by atoms with E-state index in [0.717, 1.165) is 35.2 Å². The van der Waals surface area contributed by atoms with E-state index in [0.29, 0.717) is 21.8 Å². The van der Waals surface area contributed by atoms with Crippen molar-refractivity contribution in [1.29, 1.82) is 0 Å². The van der Waals surface area contributed by atoms with Crippen LogP contribution in [-0.4, -0.2) is 15.3 Å². The zero-order chi connectivity index (χ0) is 18.3. The minimum Gasteiger partial charge on any atom is -0.268 e. The Balaban J connectivity index is 1.98. The Bertz CT molecular complexity index is 1040. The molecule has 0 saturated heterocycles. The summed E-state index contributed by atoms with van der Waals surface area (Å²) in [6.07, 6.45) is 4.97. The summed E-state index contributed by atoms with van der Waals surface area (Å²) in [6.45, 7) is 6.06. The molecule has 4 rings (SSSR count). The molecule has 1 aromatic carbocycles. The van der Waals surface area contributed by atoms with Crippen LogP contribution in [0.5, 0.6) is 0 Å². The molecule has 0 fully saturated rings. The Morgan fingerprint density at radius 2 is 2.19 bits per heavy atom. The largest absolute Gasteiger partial charge is 0.268 e. The van der Waals surface area contributed by atoms with Gasteiger partial charge in [-0.25, -0.2) is 4.98 Å². The molecule has 0 bridgehead atoms. The molecule has 0 N–H and O–H groups in total. The molecule has 3 aromatic rings. The average Bonchev–Trinajstić information content (AvgIpc) is 2.98. The Kier molecular flexibility index (Phi) is 4.95. The first kappa shape index (κ1) is 17.8. The fourth-order valence-electron chi connectivity index (χ4n) is 3.42. The predicted octanol–water partition coefficient (Wildman–Crippen LogP) is 5.50. The lowest BCUT2D eigenvalue weighted by molar-refractivity contribution is 0.509. The van der Waals surface area contributed by atoms with Crippen LogP contribution in [0.3, 0.4) is 0 Å². The Morgan fingerprint density at radius 1 is 1.42 bits per heavy atom. The second-order valence-corrected chi connectivity index (χ2v) is 9.15. The van der Waals surface area contributed by atoms with Crippen molar-refractivity contribution in [2.75, 3.05) is 5.75 Å². The van der Waals surface area contributed by atoms with Crippen molar-refractivity contribution < 1.29 is 0 Å². The third kappa shape index (κ3) is 3.13. The topological polar surface area (TPSA) is 34.9 Å². The van der Waals surface area contributed by atoms with E-state index in [2.05, 4.69) is 13.5 Å². The molecule has 6 heteroatoms. The highest BCUT2D eigenvalue weighted by Gasteiger charge is 2.25. The van der Waals surface area contributed by atoms with E-state index in [1.807, 2.05) is 18.2 Å². The molecular weight excluding hydrogens is 384 g/mol. The lowest BCUT2D eigenvalue weighted by atomic mass is 9.89. The summed E-state index contributed by atoms with van der Waals surface area (Å²) in [5.41, 5.74) is 2.03. The van der Waals surface area contributed by atoms with Gasteiger partial charge in [0.1, 0.15) is 4.83 Å². The van der Waals surface area contributed by atoms with Gasteiger partial charge in [-0.1, -0.05) is 36.4 Å². The first-order chi connectivity index (χ1) is 12.6. The summed E-state index contributed by atoms with van der Waals surface area (Å²) in [4.78, 5) is 20.5. The maximum absolute atomic E-state index is 13.5. The molecule has 2 aromatic heterocycles. The first-order valence-electron chi connectivity index (χ1n) is 8.65. The predicted molar refractivity (Wildman–Crippen MR) is 112 cm³/mol. The standard InChI is InChI=1S/C20H19ClN2OS2/c1-3-10-25-20-22-18-17(15-9-4-12(2)11-16(15)26-18)19(24)23(20)14-7-5-13(21)6-8-14/h3,5-8,12H,1,4,9-11H2,2H3/t12-/m1/s1. The quantitative estimate of drug-likeness (QED) is 0.328. The molecule has 0 aliphatic heterocycles. The zero-order valence-corrected chi connectivity index (χ0v) is 16.9. The van der Waals surface area contributed by atoms with Gasteiger partial charge in [0.05, 0.1) is 11.1 Å². The molecule has 1 aliphatic rings. The fourth-order valence-corrected chi connectivity index (χ4v) is 5.72. The van der Waals surface area contributed by atoms with E-state index in [-0.39, 0.29) is 5.56 Å². The maximum Gasteiger partial charge on any atom is 0.267 e. The minimum absolute atomic E-state index is 0.0240. The van der Waals surface area contributed by atoms with Crippen LogP contribution in [0.15, 0.2) is 46.9 Å². The van der Waals surface area contributed by atoms with Crippen molar-refractivity contribution in [3.8, 4) is 5.69 Å². The minimum atomic E-state index is 0.0240. The van der Waals surface area contributed by atoms with Crippen molar-refractivity contribution in [1.82, 2.24) is 9.55 Å². The molecule has 2 heterocycles. The van der Waals surface area contributed by atoms with Gasteiger partial charge < -0.3 is 0 Å². The molecule has 134 valence electrons. The summed E-state index contributed by atoms with van der Waals surface area (Å²) < 4.78 is 1.72. The number of nitrogens with zero attached hydrogens (tertiary/aromatic N) is 2. The van der Waals surface area contributed by atoms with Crippen molar-refractivity contribution in [3.63, 3.8) is 0 Å². The highest BCUT2D eigenvalue weighted by molar-refractivity contribution is 7.99. The van der Waals surface area contributed by atoms with Crippen LogP contribution in [-0.2, 0) is 12.8 Å². The van der Waals surface area contributed by atoms with Crippen LogP contribution in [0.2, 0.25) is 5.02 Å². The number of aromatic nitrogens is 2. The maximum atomic E-state index is 13.5. The normalized spacial score (nSPS) is 16.6. The number of hydrogen-bond donors (Lipinski definition) is 0. The van der Waals surface area contributed by atoms with Gasteiger partial charge in [-0.05, 0) is 55.0 Å². The molecule has 0 unspecified atom stereocenters. The SMILES string of the molecule is C=CCSc1nc2sc3c(c2c(=O)n1-c1ccc(Cl)cc1)CC[C@@H](C)C3. The Hall–Kier alpha value is -1.56. The van der Waals surface area contributed by atoms with Crippen molar-refractivity contribution in [2.45, 2.75) is 31.3 Å². The first-order valence-corrected chi connectivity index (χ1v) is 10.8. The Morgan fingerprint density at radius 3 is 2.92 bits per heavy atom. The van der Waals surface area contributed by atoms with Crippen LogP contribution in [0.4, 0.5) is 0 Å². The Labute approximate surface area is 165 Å². The van der Waals surface area contributed by atoms with Gasteiger partial charge in [0, 0.05) is 15.7 Å². The average molecular weight is 403 g/mol. The summed E-state index contributed by atoms with van der Waals surface area (Å²) in [5, 5.41) is 2.16. The number of benzene rings is 1. The molecule has 1 atom stereocenters. The zero-order valence-electron chi connectivity index (χ0n) is 14.5. The van der Waals surface area contributed by atoms with E-state index in [1.165, 1.54) is 22.2 Å². The van der Waals surface area contributed by atoms with Crippen molar-refractivity contribution in [2.24, 2.45) is 5.92 Å². The second kappa shape index (κ2) is 7.22. The highest BCUT2D eigenvalue weighted by Crippen LogP contribution is 2.37. The summed E-state index contributed by atoms with van der Waals surface area (Å²) in [7, 11) is 0. The smallest absolute Gasteiger partial charge is 0.267 e. The van der Waals surface area contributed by atoms with E-state index in [4.69, 9.17) is 16.6 Å². The fraction of sp³-hybridized carbons (Fsp3) is 0.300. The monoisotopic (exact) mass is 402 g/mol. The van der Waals surface area contributed by atoms with Crippen LogP contribution >= 0.6 is 34.7 Å². The highest BCUT2D eigenvalue weighted by atomic mass is 35.5. The van der Waals surface area contributed by atoms with E-state index in [1.54, 1.807) is 28.0 Å². The number of thioether (sulfide) groups is 1. The van der Waals surface area contributed by atoms with Gasteiger partial charge in [-0.2, -0.15) is 0 Å². The summed E-state index contributed by atoms with van der Waals surface area (Å²) in [6, 6.07) is 7.35. The molecule has 0 amide bonds. The van der Waals surface area contributed by atoms with Crippen LogP contribution < -0.4 is 5.56 Å². The summed E-state index contributed by atoms with van der Waals surface area (Å²) >= 11 is 9.24. The third-order valence-corrected chi connectivity index (χ3v) is 7.05. The molecule has 0 saturated carbocycles. The molecule has 3 nitrogen and oxygen atoms in total. The number of aryl methyl sites for hydroxylation is 1. The third-order valence-electron chi connectivity index (χ3n) is 4.71. The van der Waals surface area contributed by atoms with E-state index >= 15 is 0 Å². The number of thiophene rings is 1. The molecule has 1 aliphatic carbocycles. The molecule has 26 heavy (non-hydrogen) atoms. The van der Waals surface area contributed by atoms with E-state index in [9.17, 15) is 4.79 Å². The summed E-state index contributed by atoms with van der Waals surface area (Å²) in [5.74, 6) is 1.37. The number of hydrogen-bond acceptors (Lipinski definition) is 4. The number of halogens is 1. The van der Waals surface area contributed by atoms with Crippen molar-refractivity contribution in [3.05, 3.63) is 62.7 Å². The van der Waals surface area contributed by atoms with Crippen molar-refractivity contribution >= 4 is 44.9 Å². The lowest BCUT2D eigenvalue weighted by Gasteiger charge is -2.17.